The van der Waals surface area contributed by atoms with Crippen molar-refractivity contribution in [2.24, 2.45) is 7.05 Å². The Morgan fingerprint density at radius 2 is 1.92 bits per heavy atom. The van der Waals surface area contributed by atoms with Gasteiger partial charge in [0.05, 0.1) is 24.0 Å². The zero-order valence-corrected chi connectivity index (χ0v) is 24.0. The van der Waals surface area contributed by atoms with Gasteiger partial charge in [0.25, 0.3) is 5.91 Å². The Bertz CT molecular complexity index is 1380. The normalized spacial score (nSPS) is 15.3. The van der Waals surface area contributed by atoms with E-state index in [1.165, 1.54) is 24.2 Å². The summed E-state index contributed by atoms with van der Waals surface area (Å²) in [5.41, 5.74) is 1.54. The standard InChI is InChI=1S/C27H31ClFN5O4S/c1-27(2,3)38-26(36)34-7-6-20(15-34)37-21-12-22(29)24(30-13-21)23-8-16(14-33(23)4)25(35)31-18-9-17(28)10-19(11-18)32-39-5/h8-14,20,32H,6-7,15H2,1-5H3,(H,31,35). The van der Waals surface area contributed by atoms with Crippen LogP contribution in [0.25, 0.3) is 11.4 Å². The van der Waals surface area contributed by atoms with Gasteiger partial charge in [0.15, 0.2) is 5.82 Å². The number of nitrogens with zero attached hydrogens (tertiary/aromatic N) is 3. The van der Waals surface area contributed by atoms with Crippen LogP contribution in [0.5, 0.6) is 5.75 Å². The summed E-state index contributed by atoms with van der Waals surface area (Å²) in [4.78, 5) is 31.0. The monoisotopic (exact) mass is 575 g/mol. The van der Waals surface area contributed by atoms with Crippen LogP contribution in [0.15, 0.2) is 42.7 Å². The molecule has 0 aliphatic carbocycles. The van der Waals surface area contributed by atoms with Crippen molar-refractivity contribution in [3.05, 3.63) is 59.1 Å². The first-order valence-corrected chi connectivity index (χ1v) is 13.9. The first-order chi connectivity index (χ1) is 18.4. The molecule has 1 unspecified atom stereocenters. The van der Waals surface area contributed by atoms with Crippen molar-refractivity contribution in [3.63, 3.8) is 0 Å². The fourth-order valence-corrected chi connectivity index (χ4v) is 4.74. The third kappa shape index (κ3) is 7.36. The summed E-state index contributed by atoms with van der Waals surface area (Å²) in [5.74, 6) is -0.703. The number of carbonyl (C=O) groups is 2. The molecule has 1 saturated heterocycles. The van der Waals surface area contributed by atoms with Crippen LogP contribution in [0.1, 0.15) is 37.6 Å². The summed E-state index contributed by atoms with van der Waals surface area (Å²) >= 11 is 7.57. The number of amides is 2. The molecule has 4 rings (SSSR count). The largest absolute Gasteiger partial charge is 0.487 e. The van der Waals surface area contributed by atoms with E-state index in [4.69, 9.17) is 21.1 Å². The average molecular weight is 576 g/mol. The molecule has 0 saturated carbocycles. The Hall–Kier alpha value is -3.44. The van der Waals surface area contributed by atoms with E-state index in [1.807, 2.05) is 27.0 Å². The summed E-state index contributed by atoms with van der Waals surface area (Å²) in [5, 5.41) is 3.29. The van der Waals surface area contributed by atoms with E-state index in [2.05, 4.69) is 15.0 Å². The highest BCUT2D eigenvalue weighted by Crippen LogP contribution is 2.28. The van der Waals surface area contributed by atoms with E-state index in [-0.39, 0.29) is 23.5 Å². The van der Waals surface area contributed by atoms with E-state index >= 15 is 4.39 Å². The molecule has 2 amide bonds. The molecular formula is C27H31ClFN5O4S. The lowest BCUT2D eigenvalue weighted by atomic mass is 10.2. The number of hydrogen-bond donors (Lipinski definition) is 2. The summed E-state index contributed by atoms with van der Waals surface area (Å²) in [6, 6.07) is 7.99. The van der Waals surface area contributed by atoms with Crippen LogP contribution < -0.4 is 14.8 Å². The molecule has 2 aromatic heterocycles. The summed E-state index contributed by atoms with van der Waals surface area (Å²) < 4.78 is 31.1. The quantitative estimate of drug-likeness (QED) is 0.323. The fourth-order valence-electron chi connectivity index (χ4n) is 4.15. The predicted octanol–water partition coefficient (Wildman–Crippen LogP) is 6.21. The van der Waals surface area contributed by atoms with Crippen LogP contribution >= 0.6 is 23.5 Å². The number of rotatable bonds is 7. The van der Waals surface area contributed by atoms with Gasteiger partial charge in [-0.25, -0.2) is 14.2 Å². The maximum atomic E-state index is 15.1. The SMILES string of the molecule is CSNc1cc(Cl)cc(NC(=O)c2cc(-c3ncc(OC4CCN(C(=O)OC(C)(C)C)C4)cc3F)n(C)c2)c1. The molecule has 0 bridgehead atoms. The molecule has 1 aromatic carbocycles. The van der Waals surface area contributed by atoms with Gasteiger partial charge in [0, 0.05) is 54.9 Å². The zero-order chi connectivity index (χ0) is 28.3. The Balaban J connectivity index is 1.42. The predicted molar refractivity (Wildman–Crippen MR) is 152 cm³/mol. The minimum absolute atomic E-state index is 0.0833. The Labute approximate surface area is 236 Å². The fraction of sp³-hybridized carbons (Fsp3) is 0.370. The number of pyridine rings is 1. The lowest BCUT2D eigenvalue weighted by Gasteiger charge is -2.24. The molecule has 3 aromatic rings. The minimum atomic E-state index is -0.592. The first-order valence-electron chi connectivity index (χ1n) is 12.3. The number of hydrogen-bond acceptors (Lipinski definition) is 7. The summed E-state index contributed by atoms with van der Waals surface area (Å²) in [6.45, 7) is 6.27. The number of ether oxygens (including phenoxy) is 2. The third-order valence-electron chi connectivity index (χ3n) is 5.80. The topological polar surface area (TPSA) is 97.7 Å². The highest BCUT2D eigenvalue weighted by atomic mass is 35.5. The van der Waals surface area contributed by atoms with E-state index in [0.717, 1.165) is 5.69 Å². The smallest absolute Gasteiger partial charge is 0.410 e. The molecule has 9 nitrogen and oxygen atoms in total. The molecule has 0 radical (unpaired) electrons. The molecule has 12 heteroatoms. The number of nitrogens with one attached hydrogen (secondary N) is 2. The maximum Gasteiger partial charge on any atom is 0.410 e. The second-order valence-electron chi connectivity index (χ2n) is 10.2. The van der Waals surface area contributed by atoms with Crippen molar-refractivity contribution in [2.45, 2.75) is 38.9 Å². The summed E-state index contributed by atoms with van der Waals surface area (Å²) in [6.07, 6.45) is 4.82. The molecule has 2 N–H and O–H groups in total. The van der Waals surface area contributed by atoms with Gasteiger partial charge in [0.1, 0.15) is 23.1 Å². The van der Waals surface area contributed by atoms with Gasteiger partial charge in [-0.15, -0.1) is 0 Å². The molecule has 1 atom stereocenters. The maximum absolute atomic E-state index is 15.1. The van der Waals surface area contributed by atoms with E-state index < -0.39 is 17.5 Å². The van der Waals surface area contributed by atoms with Gasteiger partial charge in [-0.3, -0.25) is 4.79 Å². The van der Waals surface area contributed by atoms with Crippen molar-refractivity contribution < 1.29 is 23.5 Å². The van der Waals surface area contributed by atoms with Gasteiger partial charge in [-0.05, 0) is 45.0 Å². The van der Waals surface area contributed by atoms with Crippen LogP contribution in [-0.4, -0.2) is 57.5 Å². The number of likely N-dealkylation sites (tertiary alicyclic amines) is 1. The van der Waals surface area contributed by atoms with E-state index in [9.17, 15) is 9.59 Å². The number of aryl methyl sites for hydroxylation is 1. The molecule has 3 heterocycles. The number of benzene rings is 1. The number of halogens is 2. The average Bonchev–Trinajstić information content (AvgIpc) is 3.45. The van der Waals surface area contributed by atoms with Gasteiger partial charge < -0.3 is 29.0 Å². The van der Waals surface area contributed by atoms with E-state index in [0.29, 0.717) is 41.5 Å². The molecule has 208 valence electrons. The van der Waals surface area contributed by atoms with Crippen LogP contribution in [0.4, 0.5) is 20.6 Å². The zero-order valence-electron chi connectivity index (χ0n) is 22.4. The molecular weight excluding hydrogens is 545 g/mol. The van der Waals surface area contributed by atoms with Crippen LogP contribution in [0, 0.1) is 5.82 Å². The molecule has 0 spiro atoms. The summed E-state index contributed by atoms with van der Waals surface area (Å²) in [7, 11) is 1.71. The number of anilines is 2. The van der Waals surface area contributed by atoms with Crippen molar-refractivity contribution in [2.75, 3.05) is 29.4 Å². The Kier molecular flexibility index (Phi) is 8.60. The van der Waals surface area contributed by atoms with Crippen molar-refractivity contribution in [1.82, 2.24) is 14.5 Å². The van der Waals surface area contributed by atoms with Crippen molar-refractivity contribution >= 4 is 46.9 Å². The van der Waals surface area contributed by atoms with Gasteiger partial charge in [-0.1, -0.05) is 23.5 Å². The second kappa shape index (κ2) is 11.7. The van der Waals surface area contributed by atoms with Crippen LogP contribution in [-0.2, 0) is 11.8 Å². The first kappa shape index (κ1) is 28.6. The van der Waals surface area contributed by atoms with Gasteiger partial charge in [-0.2, -0.15) is 0 Å². The third-order valence-corrected chi connectivity index (χ3v) is 6.46. The lowest BCUT2D eigenvalue weighted by molar-refractivity contribution is 0.0275. The van der Waals surface area contributed by atoms with Gasteiger partial charge >= 0.3 is 6.09 Å². The molecule has 39 heavy (non-hydrogen) atoms. The van der Waals surface area contributed by atoms with E-state index in [1.54, 1.807) is 47.0 Å². The number of carbonyl (C=O) groups excluding carboxylic acids is 2. The molecule has 1 aliphatic heterocycles. The minimum Gasteiger partial charge on any atom is -0.487 e. The van der Waals surface area contributed by atoms with Crippen LogP contribution in [0.2, 0.25) is 5.02 Å². The van der Waals surface area contributed by atoms with Crippen molar-refractivity contribution in [3.8, 4) is 17.1 Å². The van der Waals surface area contributed by atoms with Crippen molar-refractivity contribution in [1.29, 1.82) is 0 Å². The highest BCUT2D eigenvalue weighted by Gasteiger charge is 2.31. The highest BCUT2D eigenvalue weighted by molar-refractivity contribution is 7.99. The van der Waals surface area contributed by atoms with Gasteiger partial charge in [0.2, 0.25) is 0 Å². The molecule has 1 fully saturated rings. The lowest BCUT2D eigenvalue weighted by Crippen LogP contribution is -2.36. The second-order valence-corrected chi connectivity index (χ2v) is 11.2. The Morgan fingerprint density at radius 1 is 1.18 bits per heavy atom. The number of aromatic nitrogens is 2. The Morgan fingerprint density at radius 3 is 2.62 bits per heavy atom. The van der Waals surface area contributed by atoms with Crippen LogP contribution in [0.3, 0.4) is 0 Å². The molecule has 1 aliphatic rings.